The monoisotopic (exact) mass is 266 g/mol. The SMILES string of the molecule is CCCCCCCCCCN1C=CN(CC)C1CC. The van der Waals surface area contributed by atoms with Crippen LogP contribution >= 0.6 is 0 Å². The van der Waals surface area contributed by atoms with Gasteiger partial charge in [-0.25, -0.2) is 0 Å². The molecule has 1 aliphatic rings. The second-order valence-corrected chi connectivity index (χ2v) is 5.73. The van der Waals surface area contributed by atoms with E-state index in [-0.39, 0.29) is 0 Å². The fourth-order valence-electron chi connectivity index (χ4n) is 3.00. The Bertz CT molecular complexity index is 237. The highest BCUT2D eigenvalue weighted by molar-refractivity contribution is 4.95. The van der Waals surface area contributed by atoms with Crippen LogP contribution in [0, 0.1) is 0 Å². The lowest BCUT2D eigenvalue weighted by Crippen LogP contribution is -2.38. The molecule has 1 heterocycles. The van der Waals surface area contributed by atoms with Crippen LogP contribution in [0.4, 0.5) is 0 Å². The Balaban J connectivity index is 2.02. The van der Waals surface area contributed by atoms with Crippen molar-refractivity contribution in [2.24, 2.45) is 0 Å². The van der Waals surface area contributed by atoms with Crippen molar-refractivity contribution in [1.82, 2.24) is 9.80 Å². The van der Waals surface area contributed by atoms with Crippen LogP contribution < -0.4 is 0 Å². The molecule has 1 rings (SSSR count). The van der Waals surface area contributed by atoms with Gasteiger partial charge >= 0.3 is 0 Å². The van der Waals surface area contributed by atoms with E-state index in [9.17, 15) is 0 Å². The van der Waals surface area contributed by atoms with E-state index < -0.39 is 0 Å². The molecule has 0 spiro atoms. The van der Waals surface area contributed by atoms with E-state index >= 15 is 0 Å². The molecule has 1 aliphatic heterocycles. The largest absolute Gasteiger partial charge is 0.356 e. The summed E-state index contributed by atoms with van der Waals surface area (Å²) in [6.07, 6.45) is 17.7. The van der Waals surface area contributed by atoms with Gasteiger partial charge in [0.2, 0.25) is 0 Å². The van der Waals surface area contributed by atoms with Crippen LogP contribution in [-0.4, -0.2) is 29.1 Å². The third-order valence-corrected chi connectivity index (χ3v) is 4.22. The molecule has 1 unspecified atom stereocenters. The zero-order chi connectivity index (χ0) is 13.9. The van der Waals surface area contributed by atoms with Crippen molar-refractivity contribution in [3.8, 4) is 0 Å². The highest BCUT2D eigenvalue weighted by Crippen LogP contribution is 2.19. The van der Waals surface area contributed by atoms with Crippen molar-refractivity contribution in [2.45, 2.75) is 84.7 Å². The molecule has 2 nitrogen and oxygen atoms in total. The number of hydrogen-bond acceptors (Lipinski definition) is 2. The van der Waals surface area contributed by atoms with Crippen molar-refractivity contribution in [3.05, 3.63) is 12.4 Å². The van der Waals surface area contributed by atoms with Crippen molar-refractivity contribution in [2.75, 3.05) is 13.1 Å². The van der Waals surface area contributed by atoms with Gasteiger partial charge in [-0.3, -0.25) is 0 Å². The minimum absolute atomic E-state index is 0.620. The highest BCUT2D eigenvalue weighted by atomic mass is 15.4. The summed E-state index contributed by atoms with van der Waals surface area (Å²) in [5, 5.41) is 0. The Morgan fingerprint density at radius 1 is 0.737 bits per heavy atom. The van der Waals surface area contributed by atoms with Crippen LogP contribution in [0.25, 0.3) is 0 Å². The fourth-order valence-corrected chi connectivity index (χ4v) is 3.00. The van der Waals surface area contributed by atoms with Gasteiger partial charge in [-0.2, -0.15) is 0 Å². The first-order chi connectivity index (χ1) is 9.33. The van der Waals surface area contributed by atoms with Gasteiger partial charge in [-0.15, -0.1) is 0 Å². The van der Waals surface area contributed by atoms with Gasteiger partial charge in [0.25, 0.3) is 0 Å². The number of unbranched alkanes of at least 4 members (excludes halogenated alkanes) is 7. The van der Waals surface area contributed by atoms with Crippen LogP contribution in [0.3, 0.4) is 0 Å². The van der Waals surface area contributed by atoms with Crippen LogP contribution in [-0.2, 0) is 0 Å². The topological polar surface area (TPSA) is 6.48 Å². The molecule has 0 aromatic rings. The first-order valence-corrected chi connectivity index (χ1v) is 8.53. The molecule has 0 N–H and O–H groups in total. The van der Waals surface area contributed by atoms with Gasteiger partial charge in [0.15, 0.2) is 0 Å². The standard InChI is InChI=1S/C17H34N2/c1-4-7-8-9-10-11-12-13-14-19-16-15-18(6-3)17(19)5-2/h15-17H,4-14H2,1-3H3. The second-order valence-electron chi connectivity index (χ2n) is 5.73. The molecule has 0 saturated carbocycles. The predicted octanol–water partition coefficient (Wildman–Crippen LogP) is 4.97. The minimum Gasteiger partial charge on any atom is -0.356 e. The normalized spacial score (nSPS) is 18.6. The van der Waals surface area contributed by atoms with Gasteiger partial charge in [-0.05, 0) is 19.8 Å². The van der Waals surface area contributed by atoms with E-state index in [1.54, 1.807) is 0 Å². The lowest BCUT2D eigenvalue weighted by molar-refractivity contribution is 0.151. The maximum Gasteiger partial charge on any atom is 0.100 e. The summed E-state index contributed by atoms with van der Waals surface area (Å²) in [6, 6.07) is 0. The average molecular weight is 266 g/mol. The third kappa shape index (κ3) is 5.88. The summed E-state index contributed by atoms with van der Waals surface area (Å²) in [4.78, 5) is 4.98. The number of nitrogens with zero attached hydrogens (tertiary/aromatic N) is 2. The second kappa shape index (κ2) is 10.2. The molecule has 19 heavy (non-hydrogen) atoms. The fraction of sp³-hybridized carbons (Fsp3) is 0.882. The summed E-state index contributed by atoms with van der Waals surface area (Å²) >= 11 is 0. The summed E-state index contributed by atoms with van der Waals surface area (Å²) in [6.45, 7) is 9.19. The maximum absolute atomic E-state index is 2.53. The molecule has 0 aliphatic carbocycles. The number of rotatable bonds is 11. The molecule has 0 saturated heterocycles. The molecule has 1 atom stereocenters. The van der Waals surface area contributed by atoms with Crippen LogP contribution in [0.15, 0.2) is 12.4 Å². The van der Waals surface area contributed by atoms with Gasteiger partial charge in [0.05, 0.1) is 0 Å². The van der Waals surface area contributed by atoms with Crippen LogP contribution in [0.5, 0.6) is 0 Å². The molecular weight excluding hydrogens is 232 g/mol. The Labute approximate surface area is 120 Å². The van der Waals surface area contributed by atoms with Crippen molar-refractivity contribution < 1.29 is 0 Å². The third-order valence-electron chi connectivity index (χ3n) is 4.22. The number of hydrogen-bond donors (Lipinski definition) is 0. The maximum atomic E-state index is 2.53. The molecule has 112 valence electrons. The molecule has 0 aromatic carbocycles. The molecule has 0 aromatic heterocycles. The lowest BCUT2D eigenvalue weighted by Gasteiger charge is -2.31. The van der Waals surface area contributed by atoms with Crippen LogP contribution in [0.1, 0.15) is 78.6 Å². The van der Waals surface area contributed by atoms with Gasteiger partial charge < -0.3 is 9.80 Å². The molecule has 0 bridgehead atoms. The van der Waals surface area contributed by atoms with Crippen LogP contribution in [0.2, 0.25) is 0 Å². The van der Waals surface area contributed by atoms with E-state index in [1.165, 1.54) is 64.3 Å². The summed E-state index contributed by atoms with van der Waals surface area (Å²) in [5.41, 5.74) is 0. The first kappa shape index (κ1) is 16.4. The van der Waals surface area contributed by atoms with Crippen molar-refractivity contribution >= 4 is 0 Å². The van der Waals surface area contributed by atoms with E-state index in [0.717, 1.165) is 6.54 Å². The Kier molecular flexibility index (Phi) is 8.77. The quantitative estimate of drug-likeness (QED) is 0.487. The Morgan fingerprint density at radius 3 is 1.89 bits per heavy atom. The zero-order valence-corrected chi connectivity index (χ0v) is 13.4. The summed E-state index contributed by atoms with van der Waals surface area (Å²) in [5.74, 6) is 0. The lowest BCUT2D eigenvalue weighted by atomic mass is 10.1. The zero-order valence-electron chi connectivity index (χ0n) is 13.4. The summed E-state index contributed by atoms with van der Waals surface area (Å²) < 4.78 is 0. The molecule has 0 fully saturated rings. The average Bonchev–Trinajstić information content (AvgIpc) is 2.83. The van der Waals surface area contributed by atoms with E-state index in [1.807, 2.05) is 0 Å². The van der Waals surface area contributed by atoms with Gasteiger partial charge in [0, 0.05) is 25.5 Å². The molecular formula is C17H34N2. The smallest absolute Gasteiger partial charge is 0.100 e. The van der Waals surface area contributed by atoms with Crippen molar-refractivity contribution in [3.63, 3.8) is 0 Å². The first-order valence-electron chi connectivity index (χ1n) is 8.53. The predicted molar refractivity (Wildman–Crippen MR) is 84.9 cm³/mol. The van der Waals surface area contributed by atoms with E-state index in [2.05, 4.69) is 43.0 Å². The molecule has 0 radical (unpaired) electrons. The van der Waals surface area contributed by atoms with Gasteiger partial charge in [-0.1, -0.05) is 58.8 Å². The molecule has 0 amide bonds. The Morgan fingerprint density at radius 2 is 1.32 bits per heavy atom. The summed E-state index contributed by atoms with van der Waals surface area (Å²) in [7, 11) is 0. The highest BCUT2D eigenvalue weighted by Gasteiger charge is 2.22. The van der Waals surface area contributed by atoms with Gasteiger partial charge in [0.1, 0.15) is 6.17 Å². The minimum atomic E-state index is 0.620. The Hall–Kier alpha value is -0.660. The van der Waals surface area contributed by atoms with E-state index in [0.29, 0.717) is 6.17 Å². The molecule has 2 heteroatoms. The van der Waals surface area contributed by atoms with E-state index in [4.69, 9.17) is 0 Å². The van der Waals surface area contributed by atoms with Crippen molar-refractivity contribution in [1.29, 1.82) is 0 Å².